The molecule has 0 spiro atoms. The molecule has 4 rings (SSSR count). The van der Waals surface area contributed by atoms with Crippen LogP contribution in [0.15, 0.2) is 34.1 Å². The Hall–Kier alpha value is -2.72. The number of thiocarbonyl (C=S) groups is 1. The number of thioether (sulfide) groups is 1. The molecule has 2 saturated heterocycles. The second kappa shape index (κ2) is 9.41. The minimum atomic E-state index is -0.250. The molecule has 2 aromatic heterocycles. The first-order valence-electron chi connectivity index (χ1n) is 10.6. The number of anilines is 1. The van der Waals surface area contributed by atoms with Gasteiger partial charge in [0.15, 0.2) is 0 Å². The van der Waals surface area contributed by atoms with Gasteiger partial charge in [0.1, 0.15) is 15.8 Å². The van der Waals surface area contributed by atoms with Crippen LogP contribution in [0.25, 0.3) is 11.7 Å². The smallest absolute Gasteiger partial charge is 0.309 e. The van der Waals surface area contributed by atoms with Crippen molar-refractivity contribution in [2.24, 2.45) is 5.92 Å². The Balaban J connectivity index is 1.74. The summed E-state index contributed by atoms with van der Waals surface area (Å²) in [6.45, 7) is 5.63. The lowest BCUT2D eigenvalue weighted by molar-refractivity contribution is -0.148. The summed E-state index contributed by atoms with van der Waals surface area (Å²) < 4.78 is 7.12. The van der Waals surface area contributed by atoms with Gasteiger partial charge < -0.3 is 9.64 Å². The van der Waals surface area contributed by atoms with Gasteiger partial charge in [-0.25, -0.2) is 4.98 Å². The lowest BCUT2D eigenvalue weighted by Gasteiger charge is -2.32. The van der Waals surface area contributed by atoms with Crippen molar-refractivity contribution >= 4 is 57.7 Å². The van der Waals surface area contributed by atoms with Gasteiger partial charge in [0, 0.05) is 25.8 Å². The molecule has 0 saturated carbocycles. The summed E-state index contributed by atoms with van der Waals surface area (Å²) in [7, 11) is 0. The summed E-state index contributed by atoms with van der Waals surface area (Å²) >= 11 is 6.50. The van der Waals surface area contributed by atoms with Gasteiger partial charge in [-0.1, -0.05) is 30.0 Å². The van der Waals surface area contributed by atoms with Crippen LogP contribution in [0.3, 0.4) is 0 Å². The molecule has 168 valence electrons. The van der Waals surface area contributed by atoms with E-state index in [9.17, 15) is 14.4 Å². The van der Waals surface area contributed by atoms with Crippen molar-refractivity contribution in [3.63, 3.8) is 0 Å². The third-order valence-corrected chi connectivity index (χ3v) is 7.01. The van der Waals surface area contributed by atoms with E-state index in [1.807, 2.05) is 17.9 Å². The van der Waals surface area contributed by atoms with Crippen molar-refractivity contribution in [1.82, 2.24) is 14.3 Å². The van der Waals surface area contributed by atoms with Crippen molar-refractivity contribution in [3.8, 4) is 0 Å². The van der Waals surface area contributed by atoms with Crippen molar-refractivity contribution in [2.45, 2.75) is 26.7 Å². The fourth-order valence-corrected chi connectivity index (χ4v) is 5.32. The van der Waals surface area contributed by atoms with Crippen LogP contribution in [0.5, 0.6) is 0 Å². The molecule has 2 aliphatic heterocycles. The van der Waals surface area contributed by atoms with Crippen molar-refractivity contribution in [2.75, 3.05) is 31.1 Å². The zero-order valence-corrected chi connectivity index (χ0v) is 19.6. The molecule has 2 aromatic rings. The first kappa shape index (κ1) is 22.5. The summed E-state index contributed by atoms with van der Waals surface area (Å²) in [5, 5.41) is 0. The number of piperidine rings is 1. The Morgan fingerprint density at radius 1 is 1.28 bits per heavy atom. The van der Waals surface area contributed by atoms with E-state index in [1.165, 1.54) is 21.1 Å². The molecule has 32 heavy (non-hydrogen) atoms. The number of hydrogen-bond donors (Lipinski definition) is 0. The predicted molar refractivity (Wildman–Crippen MR) is 129 cm³/mol. The molecule has 0 bridgehead atoms. The lowest BCUT2D eigenvalue weighted by Crippen LogP contribution is -2.39. The first-order chi connectivity index (χ1) is 15.4. The number of fused-ring (bicyclic) bond motifs is 1. The highest BCUT2D eigenvalue weighted by molar-refractivity contribution is 8.26. The van der Waals surface area contributed by atoms with Crippen LogP contribution in [0.2, 0.25) is 0 Å². The number of rotatable bonds is 5. The van der Waals surface area contributed by atoms with Crippen LogP contribution < -0.4 is 10.5 Å². The van der Waals surface area contributed by atoms with Crippen molar-refractivity contribution < 1.29 is 14.3 Å². The van der Waals surface area contributed by atoms with E-state index in [0.29, 0.717) is 65.3 Å². The quantitative estimate of drug-likeness (QED) is 0.373. The molecule has 4 heterocycles. The second-order valence-electron chi connectivity index (χ2n) is 7.52. The lowest BCUT2D eigenvalue weighted by atomic mass is 9.96. The average molecular weight is 473 g/mol. The number of esters is 1. The molecule has 0 atom stereocenters. The third kappa shape index (κ3) is 4.16. The zero-order valence-electron chi connectivity index (χ0n) is 17.9. The van der Waals surface area contributed by atoms with Gasteiger partial charge in [0.25, 0.3) is 11.5 Å². The molecule has 0 aromatic carbocycles. The molecular weight excluding hydrogens is 448 g/mol. The third-order valence-electron chi connectivity index (χ3n) is 5.63. The van der Waals surface area contributed by atoms with E-state index in [0.717, 1.165) is 0 Å². The van der Waals surface area contributed by atoms with Gasteiger partial charge in [-0.3, -0.25) is 23.7 Å². The fraction of sp³-hybridized carbons (Fsp3) is 0.409. The number of hydrogen-bond acceptors (Lipinski definition) is 8. The number of pyridine rings is 1. The maximum absolute atomic E-state index is 13.4. The molecular formula is C22H24N4O4S2. The number of carbonyl (C=O) groups excluding carboxylic acids is 2. The summed E-state index contributed by atoms with van der Waals surface area (Å²) in [6, 6.07) is 5.36. The fourth-order valence-electron chi connectivity index (χ4n) is 3.95. The highest BCUT2D eigenvalue weighted by Gasteiger charge is 2.33. The molecule has 0 N–H and O–H groups in total. The van der Waals surface area contributed by atoms with Gasteiger partial charge in [-0.05, 0) is 44.9 Å². The van der Waals surface area contributed by atoms with Crippen LogP contribution in [0.4, 0.5) is 5.82 Å². The van der Waals surface area contributed by atoms with E-state index < -0.39 is 0 Å². The molecule has 10 heteroatoms. The number of nitrogens with zero attached hydrogens (tertiary/aromatic N) is 4. The Morgan fingerprint density at radius 3 is 2.69 bits per heavy atom. The first-order valence-corrected chi connectivity index (χ1v) is 11.8. The molecule has 0 aliphatic carbocycles. The minimum absolute atomic E-state index is 0.156. The molecule has 8 nitrogen and oxygen atoms in total. The SMILES string of the molecule is CCOC(=O)C1CCN(c2nc3ccccn3c(=O)c2/C=C2\SC(=S)N(CC)C2=O)CC1. The van der Waals surface area contributed by atoms with Gasteiger partial charge in [0.05, 0.1) is 23.0 Å². The standard InChI is InChI=1S/C22H24N4O4S2/c1-3-25-20(28)16(32-22(25)31)13-15-18(23-17-7-5-6-10-26(17)19(15)27)24-11-8-14(9-12-24)21(29)30-4-2/h5-7,10,13-14H,3-4,8-9,11-12H2,1-2H3/b16-13-. The van der Waals surface area contributed by atoms with Crippen LogP contribution in [-0.4, -0.2) is 56.7 Å². The van der Waals surface area contributed by atoms with Gasteiger partial charge in [-0.2, -0.15) is 0 Å². The van der Waals surface area contributed by atoms with Crippen molar-refractivity contribution in [3.05, 3.63) is 45.2 Å². The Kier molecular flexibility index (Phi) is 6.61. The van der Waals surface area contributed by atoms with E-state index in [1.54, 1.807) is 31.3 Å². The number of likely N-dealkylation sites (N-methyl/N-ethyl adjacent to an activating group) is 1. The number of ether oxygens (including phenoxy) is 1. The Labute approximate surface area is 195 Å². The monoisotopic (exact) mass is 472 g/mol. The van der Waals surface area contributed by atoms with E-state index >= 15 is 0 Å². The topological polar surface area (TPSA) is 84.2 Å². The Morgan fingerprint density at radius 2 is 2.03 bits per heavy atom. The number of amides is 1. The van der Waals surface area contributed by atoms with Crippen LogP contribution in [0.1, 0.15) is 32.3 Å². The second-order valence-corrected chi connectivity index (χ2v) is 9.20. The van der Waals surface area contributed by atoms with Crippen LogP contribution in [-0.2, 0) is 14.3 Å². The molecule has 1 amide bonds. The zero-order chi connectivity index (χ0) is 22.8. The predicted octanol–water partition coefficient (Wildman–Crippen LogP) is 2.70. The summed E-state index contributed by atoms with van der Waals surface area (Å²) in [5.74, 6) is -0.0172. The summed E-state index contributed by atoms with van der Waals surface area (Å²) in [5.41, 5.74) is 0.623. The largest absolute Gasteiger partial charge is 0.466 e. The normalized spacial score (nSPS) is 18.8. The van der Waals surface area contributed by atoms with E-state index in [2.05, 4.69) is 0 Å². The van der Waals surface area contributed by atoms with Gasteiger partial charge in [-0.15, -0.1) is 0 Å². The summed E-state index contributed by atoms with van der Waals surface area (Å²) in [6.07, 6.45) is 4.50. The highest BCUT2D eigenvalue weighted by Crippen LogP contribution is 2.34. The maximum atomic E-state index is 13.4. The number of carbonyl (C=O) groups is 2. The van der Waals surface area contributed by atoms with Crippen molar-refractivity contribution in [1.29, 1.82) is 0 Å². The summed E-state index contributed by atoms with van der Waals surface area (Å²) in [4.78, 5) is 46.9. The Bertz CT molecular complexity index is 1170. The molecule has 2 aliphatic rings. The van der Waals surface area contributed by atoms with Gasteiger partial charge >= 0.3 is 5.97 Å². The number of aromatic nitrogens is 2. The van der Waals surface area contributed by atoms with E-state index in [4.69, 9.17) is 21.9 Å². The molecule has 2 fully saturated rings. The average Bonchev–Trinajstić information content (AvgIpc) is 3.07. The molecule has 0 unspecified atom stereocenters. The van der Waals surface area contributed by atoms with Crippen LogP contribution in [0, 0.1) is 5.92 Å². The van der Waals surface area contributed by atoms with E-state index in [-0.39, 0.29) is 23.4 Å². The van der Waals surface area contributed by atoms with Crippen LogP contribution >= 0.6 is 24.0 Å². The molecule has 0 radical (unpaired) electrons. The minimum Gasteiger partial charge on any atom is -0.466 e. The van der Waals surface area contributed by atoms with Gasteiger partial charge in [0.2, 0.25) is 0 Å². The maximum Gasteiger partial charge on any atom is 0.309 e. The highest BCUT2D eigenvalue weighted by atomic mass is 32.2.